The topological polar surface area (TPSA) is 104 Å². The Kier molecular flexibility index (Phi) is 5.26. The number of imide groups is 1. The molecule has 0 bridgehead atoms. The minimum atomic E-state index is -0.842. The highest BCUT2D eigenvalue weighted by Gasteiger charge is 2.44. The molecule has 10 heteroatoms. The van der Waals surface area contributed by atoms with Gasteiger partial charge in [-0.1, -0.05) is 0 Å². The third-order valence-electron chi connectivity index (χ3n) is 4.67. The van der Waals surface area contributed by atoms with Crippen molar-refractivity contribution in [1.82, 2.24) is 4.90 Å². The molecule has 0 aliphatic carbocycles. The Bertz CT molecular complexity index is 977. The lowest BCUT2D eigenvalue weighted by Gasteiger charge is -2.21. The van der Waals surface area contributed by atoms with Crippen molar-refractivity contribution in [3.8, 4) is 0 Å². The number of halogens is 1. The number of nitro groups is 1. The number of benzene rings is 2. The van der Waals surface area contributed by atoms with Crippen LogP contribution in [0.2, 0.25) is 0 Å². The molecule has 1 aliphatic heterocycles. The number of nitrogens with zero attached hydrogens (tertiary/aromatic N) is 4. The molecule has 0 N–H and O–H groups in total. The summed E-state index contributed by atoms with van der Waals surface area (Å²) in [6.07, 6.45) is 0. The van der Waals surface area contributed by atoms with Crippen molar-refractivity contribution in [1.29, 1.82) is 0 Å². The zero-order chi connectivity index (χ0) is 21.3. The van der Waals surface area contributed by atoms with Gasteiger partial charge in [0.05, 0.1) is 4.92 Å². The van der Waals surface area contributed by atoms with Crippen molar-refractivity contribution in [2.45, 2.75) is 13.0 Å². The van der Waals surface area contributed by atoms with Crippen LogP contribution in [0, 0.1) is 15.9 Å². The van der Waals surface area contributed by atoms with Gasteiger partial charge < -0.3 is 4.90 Å². The monoisotopic (exact) mass is 400 g/mol. The van der Waals surface area contributed by atoms with Gasteiger partial charge in [-0.3, -0.25) is 29.5 Å². The second-order valence-corrected chi connectivity index (χ2v) is 6.46. The summed E-state index contributed by atoms with van der Waals surface area (Å²) in [4.78, 5) is 51.2. The van der Waals surface area contributed by atoms with E-state index in [-0.39, 0.29) is 5.69 Å². The third-order valence-corrected chi connectivity index (χ3v) is 4.67. The second-order valence-electron chi connectivity index (χ2n) is 6.46. The van der Waals surface area contributed by atoms with Gasteiger partial charge in [0, 0.05) is 30.6 Å². The molecule has 1 fully saturated rings. The molecule has 150 valence electrons. The molecule has 1 aliphatic rings. The lowest BCUT2D eigenvalue weighted by Crippen LogP contribution is -2.42. The van der Waals surface area contributed by atoms with E-state index in [1.54, 1.807) is 0 Å². The average molecular weight is 400 g/mol. The minimum absolute atomic E-state index is 0.122. The van der Waals surface area contributed by atoms with E-state index in [1.807, 2.05) is 0 Å². The zero-order valence-electron chi connectivity index (χ0n) is 15.6. The average Bonchev–Trinajstić information content (AvgIpc) is 2.91. The summed E-state index contributed by atoms with van der Waals surface area (Å²) in [6, 6.07) is 8.90. The van der Waals surface area contributed by atoms with E-state index in [1.165, 1.54) is 72.3 Å². The van der Waals surface area contributed by atoms with Crippen molar-refractivity contribution in [2.24, 2.45) is 0 Å². The molecule has 1 saturated heterocycles. The molecule has 0 spiro atoms. The molecule has 29 heavy (non-hydrogen) atoms. The number of rotatable bonds is 5. The fourth-order valence-electron chi connectivity index (χ4n) is 2.99. The van der Waals surface area contributed by atoms with E-state index in [0.717, 1.165) is 4.90 Å². The van der Waals surface area contributed by atoms with Crippen LogP contribution in [0.15, 0.2) is 48.5 Å². The Morgan fingerprint density at radius 3 is 2.28 bits per heavy atom. The first-order chi connectivity index (χ1) is 13.7. The number of urea groups is 1. The number of carbonyl (C=O) groups is 3. The zero-order valence-corrected chi connectivity index (χ0v) is 15.6. The fourth-order valence-corrected chi connectivity index (χ4v) is 2.99. The molecule has 4 amide bonds. The van der Waals surface area contributed by atoms with Gasteiger partial charge in [0.1, 0.15) is 18.4 Å². The maximum absolute atomic E-state index is 13.1. The molecule has 3 rings (SSSR count). The first-order valence-corrected chi connectivity index (χ1v) is 8.62. The second kappa shape index (κ2) is 7.66. The fraction of sp³-hybridized carbons (Fsp3) is 0.211. The van der Waals surface area contributed by atoms with Crippen LogP contribution in [0.4, 0.5) is 26.2 Å². The van der Waals surface area contributed by atoms with Gasteiger partial charge in [0.25, 0.3) is 11.6 Å². The lowest BCUT2D eigenvalue weighted by atomic mass is 10.2. The predicted octanol–water partition coefficient (Wildman–Crippen LogP) is 2.55. The molecule has 2 aromatic carbocycles. The third kappa shape index (κ3) is 3.77. The Labute approximate surface area is 165 Å². The van der Waals surface area contributed by atoms with Crippen molar-refractivity contribution in [3.63, 3.8) is 0 Å². The van der Waals surface area contributed by atoms with E-state index in [4.69, 9.17) is 0 Å². The number of hydrogen-bond donors (Lipinski definition) is 0. The molecule has 9 nitrogen and oxygen atoms in total. The van der Waals surface area contributed by atoms with Crippen LogP contribution in [0.5, 0.6) is 0 Å². The highest BCUT2D eigenvalue weighted by Crippen LogP contribution is 2.26. The van der Waals surface area contributed by atoms with Gasteiger partial charge in [-0.05, 0) is 43.3 Å². The Morgan fingerprint density at radius 2 is 1.72 bits per heavy atom. The summed E-state index contributed by atoms with van der Waals surface area (Å²) in [7, 11) is 1.44. The van der Waals surface area contributed by atoms with Gasteiger partial charge in [-0.2, -0.15) is 0 Å². The molecule has 0 aromatic heterocycles. The number of likely N-dealkylation sites (N-methyl/N-ethyl adjacent to an activating group) is 1. The predicted molar refractivity (Wildman–Crippen MR) is 102 cm³/mol. The SMILES string of the molecule is CC1C(=O)N(CC(=O)N(C)c2ccc([N+](=O)[O-])cc2)C(=O)N1c1ccc(F)cc1. The number of anilines is 2. The molecule has 2 aromatic rings. The van der Waals surface area contributed by atoms with Crippen LogP contribution >= 0.6 is 0 Å². The van der Waals surface area contributed by atoms with Crippen LogP contribution in [0.25, 0.3) is 0 Å². The van der Waals surface area contributed by atoms with Crippen LogP contribution in [0.1, 0.15) is 6.92 Å². The highest BCUT2D eigenvalue weighted by molar-refractivity contribution is 6.16. The minimum Gasteiger partial charge on any atom is -0.314 e. The van der Waals surface area contributed by atoms with Crippen molar-refractivity contribution in [2.75, 3.05) is 23.4 Å². The Hall–Kier alpha value is -3.82. The highest BCUT2D eigenvalue weighted by atomic mass is 19.1. The van der Waals surface area contributed by atoms with E-state index >= 15 is 0 Å². The van der Waals surface area contributed by atoms with Crippen LogP contribution in [0.3, 0.4) is 0 Å². The summed E-state index contributed by atoms with van der Waals surface area (Å²) in [5.74, 6) is -1.57. The van der Waals surface area contributed by atoms with Gasteiger partial charge >= 0.3 is 6.03 Å². The summed E-state index contributed by atoms with van der Waals surface area (Å²) in [6.45, 7) is 1.03. The van der Waals surface area contributed by atoms with E-state index in [9.17, 15) is 28.9 Å². The van der Waals surface area contributed by atoms with Gasteiger partial charge in [0.15, 0.2) is 0 Å². The van der Waals surface area contributed by atoms with E-state index in [0.29, 0.717) is 11.4 Å². The molecule has 1 unspecified atom stereocenters. The normalized spacial score (nSPS) is 16.3. The smallest absolute Gasteiger partial charge is 0.314 e. The quantitative estimate of drug-likeness (QED) is 0.436. The summed E-state index contributed by atoms with van der Waals surface area (Å²) >= 11 is 0. The first kappa shape index (κ1) is 19.9. The largest absolute Gasteiger partial charge is 0.332 e. The van der Waals surface area contributed by atoms with E-state index < -0.39 is 41.2 Å². The standard InChI is InChI=1S/C19H17FN4O5/c1-12-18(26)22(19(27)23(12)15-5-3-13(20)4-6-15)11-17(25)21(2)14-7-9-16(10-8-14)24(28)29/h3-10,12H,11H2,1-2H3. The van der Waals surface area contributed by atoms with Crippen molar-refractivity contribution in [3.05, 3.63) is 64.5 Å². The molecule has 1 heterocycles. The first-order valence-electron chi connectivity index (χ1n) is 8.62. The number of hydrogen-bond acceptors (Lipinski definition) is 5. The number of amides is 4. The molecular weight excluding hydrogens is 383 g/mol. The molecule has 1 atom stereocenters. The molecule has 0 radical (unpaired) electrons. The van der Waals surface area contributed by atoms with Crippen LogP contribution in [-0.2, 0) is 9.59 Å². The Morgan fingerprint density at radius 1 is 1.14 bits per heavy atom. The summed E-state index contributed by atoms with van der Waals surface area (Å²) in [5, 5.41) is 10.7. The number of nitro benzene ring substituents is 1. The van der Waals surface area contributed by atoms with Crippen molar-refractivity contribution < 1.29 is 23.7 Å². The lowest BCUT2D eigenvalue weighted by molar-refractivity contribution is -0.384. The van der Waals surface area contributed by atoms with Crippen LogP contribution in [-0.4, -0.2) is 47.3 Å². The summed E-state index contributed by atoms with van der Waals surface area (Å²) in [5.41, 5.74) is 0.599. The number of carbonyl (C=O) groups excluding carboxylic acids is 3. The van der Waals surface area contributed by atoms with Gasteiger partial charge in [0.2, 0.25) is 5.91 Å². The Balaban J connectivity index is 1.75. The number of non-ortho nitro benzene ring substituents is 1. The molecular formula is C19H17FN4O5. The summed E-state index contributed by atoms with van der Waals surface area (Å²) < 4.78 is 13.1. The van der Waals surface area contributed by atoms with Gasteiger partial charge in [-0.15, -0.1) is 0 Å². The maximum Gasteiger partial charge on any atom is 0.332 e. The maximum atomic E-state index is 13.1. The molecule has 0 saturated carbocycles. The van der Waals surface area contributed by atoms with Crippen molar-refractivity contribution >= 4 is 34.9 Å². The van der Waals surface area contributed by atoms with Gasteiger partial charge in [-0.25, -0.2) is 9.18 Å². The van der Waals surface area contributed by atoms with Crippen LogP contribution < -0.4 is 9.80 Å². The van der Waals surface area contributed by atoms with E-state index in [2.05, 4.69) is 0 Å².